The summed E-state index contributed by atoms with van der Waals surface area (Å²) in [6, 6.07) is 7.22. The standard InChI is InChI=1S/C23H32N6O4/c1-4-27(5-2)22(31)24-13-18-19-14-33-23(16-29(19)26-25-18)11-12-28(15-23)21(30)17-9-7-8-10-20(17)32-6-3/h7-10H,4-6,11-16H2,1-3H3,(H,24,31). The highest BCUT2D eigenvalue weighted by molar-refractivity contribution is 5.97. The maximum atomic E-state index is 13.2. The van der Waals surface area contributed by atoms with Gasteiger partial charge in [-0.15, -0.1) is 5.10 Å². The van der Waals surface area contributed by atoms with Gasteiger partial charge in [0.25, 0.3) is 5.91 Å². The van der Waals surface area contributed by atoms with Gasteiger partial charge in [-0.1, -0.05) is 17.3 Å². The van der Waals surface area contributed by atoms with Crippen LogP contribution in [0.15, 0.2) is 24.3 Å². The van der Waals surface area contributed by atoms with Gasteiger partial charge in [0.15, 0.2) is 0 Å². The lowest BCUT2D eigenvalue weighted by molar-refractivity contribution is -0.0828. The quantitative estimate of drug-likeness (QED) is 0.684. The molecule has 1 spiro atoms. The number of nitrogens with one attached hydrogen (secondary N) is 1. The van der Waals surface area contributed by atoms with Crippen molar-refractivity contribution in [3.63, 3.8) is 0 Å². The van der Waals surface area contributed by atoms with Gasteiger partial charge in [0, 0.05) is 19.6 Å². The molecular weight excluding hydrogens is 424 g/mol. The second-order valence-electron chi connectivity index (χ2n) is 8.35. The monoisotopic (exact) mass is 456 g/mol. The summed E-state index contributed by atoms with van der Waals surface area (Å²) in [6.45, 7) is 9.87. The summed E-state index contributed by atoms with van der Waals surface area (Å²) in [5.74, 6) is 0.550. The number of hydrogen-bond donors (Lipinski definition) is 1. The van der Waals surface area contributed by atoms with Crippen molar-refractivity contribution in [2.45, 2.75) is 52.5 Å². The molecule has 33 heavy (non-hydrogen) atoms. The summed E-state index contributed by atoms with van der Waals surface area (Å²) in [6.07, 6.45) is 0.725. The van der Waals surface area contributed by atoms with E-state index in [1.165, 1.54) is 0 Å². The molecule has 2 aliphatic heterocycles. The van der Waals surface area contributed by atoms with Gasteiger partial charge in [0.2, 0.25) is 0 Å². The molecule has 3 amide bonds. The normalized spacial score (nSPS) is 19.4. The van der Waals surface area contributed by atoms with Crippen LogP contribution in [0.4, 0.5) is 4.79 Å². The Hall–Kier alpha value is -3.14. The van der Waals surface area contributed by atoms with Crippen molar-refractivity contribution in [3.05, 3.63) is 41.2 Å². The fourth-order valence-corrected chi connectivity index (χ4v) is 4.47. The van der Waals surface area contributed by atoms with Crippen LogP contribution in [-0.4, -0.2) is 75.1 Å². The molecule has 0 radical (unpaired) electrons. The summed E-state index contributed by atoms with van der Waals surface area (Å²) in [4.78, 5) is 29.0. The lowest BCUT2D eigenvalue weighted by Gasteiger charge is -2.34. The van der Waals surface area contributed by atoms with E-state index < -0.39 is 5.60 Å². The zero-order valence-electron chi connectivity index (χ0n) is 19.5. The van der Waals surface area contributed by atoms with Crippen LogP contribution in [0.3, 0.4) is 0 Å². The molecule has 10 nitrogen and oxygen atoms in total. The predicted octanol–water partition coefficient (Wildman–Crippen LogP) is 2.04. The molecule has 4 rings (SSSR count). The van der Waals surface area contributed by atoms with Gasteiger partial charge >= 0.3 is 6.03 Å². The number of hydrogen-bond acceptors (Lipinski definition) is 6. The Balaban J connectivity index is 1.41. The van der Waals surface area contributed by atoms with Crippen molar-refractivity contribution in [2.75, 3.05) is 32.8 Å². The molecule has 1 aromatic carbocycles. The predicted molar refractivity (Wildman–Crippen MR) is 121 cm³/mol. The minimum atomic E-state index is -0.487. The number of para-hydroxylation sites is 1. The average Bonchev–Trinajstić information content (AvgIpc) is 3.42. The van der Waals surface area contributed by atoms with Gasteiger partial charge in [-0.25, -0.2) is 9.48 Å². The number of nitrogens with zero attached hydrogens (tertiary/aromatic N) is 5. The molecule has 1 aromatic heterocycles. The van der Waals surface area contributed by atoms with Crippen LogP contribution in [0.1, 0.15) is 48.9 Å². The van der Waals surface area contributed by atoms with Gasteiger partial charge in [0.1, 0.15) is 17.0 Å². The average molecular weight is 457 g/mol. The molecular formula is C23H32N6O4. The van der Waals surface area contributed by atoms with E-state index in [2.05, 4.69) is 15.6 Å². The molecule has 3 heterocycles. The first kappa shape index (κ1) is 23.0. The fraction of sp³-hybridized carbons (Fsp3) is 0.565. The van der Waals surface area contributed by atoms with Gasteiger partial charge in [-0.2, -0.15) is 0 Å². The highest BCUT2D eigenvalue weighted by Gasteiger charge is 2.45. The minimum Gasteiger partial charge on any atom is -0.493 e. The van der Waals surface area contributed by atoms with E-state index >= 15 is 0 Å². The second-order valence-corrected chi connectivity index (χ2v) is 8.35. The highest BCUT2D eigenvalue weighted by atomic mass is 16.5. The van der Waals surface area contributed by atoms with Crippen LogP contribution in [0.2, 0.25) is 0 Å². The Bertz CT molecular complexity index is 1000. The topological polar surface area (TPSA) is 102 Å². The van der Waals surface area contributed by atoms with Gasteiger partial charge in [-0.05, 0) is 39.3 Å². The molecule has 2 aliphatic rings. The van der Waals surface area contributed by atoms with Gasteiger partial charge in [0.05, 0.1) is 44.1 Å². The van der Waals surface area contributed by atoms with Crippen LogP contribution < -0.4 is 10.1 Å². The summed E-state index contributed by atoms with van der Waals surface area (Å²) in [5, 5.41) is 11.5. The van der Waals surface area contributed by atoms with Crippen LogP contribution >= 0.6 is 0 Å². The molecule has 0 saturated carbocycles. The number of carbonyl (C=O) groups is 2. The smallest absolute Gasteiger partial charge is 0.317 e. The third kappa shape index (κ3) is 4.66. The van der Waals surface area contributed by atoms with Gasteiger partial charge in [-0.3, -0.25) is 4.79 Å². The van der Waals surface area contributed by atoms with Crippen LogP contribution in [0, 0.1) is 0 Å². The number of likely N-dealkylation sites (tertiary alicyclic amines) is 1. The van der Waals surface area contributed by atoms with E-state index in [0.717, 1.165) is 12.1 Å². The van der Waals surface area contributed by atoms with Crippen molar-refractivity contribution in [1.82, 2.24) is 30.1 Å². The lowest BCUT2D eigenvalue weighted by atomic mass is 10.0. The zero-order chi connectivity index (χ0) is 23.4. The summed E-state index contributed by atoms with van der Waals surface area (Å²) in [7, 11) is 0. The van der Waals surface area contributed by atoms with Crippen LogP contribution in [0.25, 0.3) is 0 Å². The largest absolute Gasteiger partial charge is 0.493 e. The summed E-state index contributed by atoms with van der Waals surface area (Å²) in [5.41, 5.74) is 1.66. The number of aromatic nitrogens is 3. The summed E-state index contributed by atoms with van der Waals surface area (Å²) < 4.78 is 13.8. The van der Waals surface area contributed by atoms with E-state index in [0.29, 0.717) is 69.5 Å². The van der Waals surface area contributed by atoms with E-state index in [4.69, 9.17) is 9.47 Å². The van der Waals surface area contributed by atoms with Crippen molar-refractivity contribution < 1.29 is 19.1 Å². The second kappa shape index (κ2) is 9.78. The van der Waals surface area contributed by atoms with E-state index in [9.17, 15) is 9.59 Å². The molecule has 1 saturated heterocycles. The summed E-state index contributed by atoms with van der Waals surface area (Å²) >= 11 is 0. The van der Waals surface area contributed by atoms with Crippen molar-refractivity contribution in [2.24, 2.45) is 0 Å². The fourth-order valence-electron chi connectivity index (χ4n) is 4.47. The number of fused-ring (bicyclic) bond motifs is 1. The first-order valence-corrected chi connectivity index (χ1v) is 11.6. The molecule has 0 bridgehead atoms. The SMILES string of the molecule is CCOc1ccccc1C(=O)N1CCC2(C1)Cn1nnc(CNC(=O)N(CC)CC)c1CO2. The Morgan fingerprint density at radius 3 is 2.76 bits per heavy atom. The maximum absolute atomic E-state index is 13.2. The van der Waals surface area contributed by atoms with Crippen molar-refractivity contribution >= 4 is 11.9 Å². The van der Waals surface area contributed by atoms with Crippen molar-refractivity contribution in [1.29, 1.82) is 0 Å². The minimum absolute atomic E-state index is 0.0521. The molecule has 1 fully saturated rings. The number of ether oxygens (including phenoxy) is 2. The Kier molecular flexibility index (Phi) is 6.83. The molecule has 1 unspecified atom stereocenters. The highest BCUT2D eigenvalue weighted by Crippen LogP contribution is 2.34. The molecule has 1 atom stereocenters. The lowest BCUT2D eigenvalue weighted by Crippen LogP contribution is -2.45. The van der Waals surface area contributed by atoms with E-state index in [1.54, 1.807) is 11.0 Å². The van der Waals surface area contributed by atoms with E-state index in [-0.39, 0.29) is 11.9 Å². The number of benzene rings is 1. The van der Waals surface area contributed by atoms with Crippen LogP contribution in [0.5, 0.6) is 5.75 Å². The number of carbonyl (C=O) groups excluding carboxylic acids is 2. The Morgan fingerprint density at radius 2 is 2.00 bits per heavy atom. The molecule has 178 valence electrons. The molecule has 2 aromatic rings. The maximum Gasteiger partial charge on any atom is 0.317 e. The molecule has 10 heteroatoms. The Morgan fingerprint density at radius 1 is 1.21 bits per heavy atom. The number of rotatable bonds is 7. The number of amides is 3. The molecule has 1 N–H and O–H groups in total. The first-order valence-electron chi connectivity index (χ1n) is 11.6. The first-order chi connectivity index (χ1) is 16.0. The molecule has 0 aliphatic carbocycles. The van der Waals surface area contributed by atoms with Crippen molar-refractivity contribution in [3.8, 4) is 5.75 Å². The Labute approximate surface area is 193 Å². The third-order valence-corrected chi connectivity index (χ3v) is 6.35. The third-order valence-electron chi connectivity index (χ3n) is 6.35. The van der Waals surface area contributed by atoms with Crippen LogP contribution in [-0.2, 0) is 24.4 Å². The van der Waals surface area contributed by atoms with E-state index in [1.807, 2.05) is 48.6 Å². The zero-order valence-corrected chi connectivity index (χ0v) is 19.5. The van der Waals surface area contributed by atoms with Gasteiger partial charge < -0.3 is 24.6 Å². The number of urea groups is 1.